The van der Waals surface area contributed by atoms with Crippen molar-refractivity contribution in [1.82, 2.24) is 10.3 Å². The topological polar surface area (TPSA) is 42.0 Å². The van der Waals surface area contributed by atoms with Gasteiger partial charge in [-0.15, -0.1) is 0 Å². The number of aromatic nitrogens is 1. The van der Waals surface area contributed by atoms with Crippen molar-refractivity contribution in [3.63, 3.8) is 0 Å². The maximum atomic E-state index is 11.0. The summed E-state index contributed by atoms with van der Waals surface area (Å²) < 4.78 is 0. The second kappa shape index (κ2) is 5.40. The van der Waals surface area contributed by atoms with Gasteiger partial charge in [-0.05, 0) is 29.4 Å². The Morgan fingerprint density at radius 1 is 1.71 bits per heavy atom. The maximum Gasteiger partial charge on any atom is 0.297 e. The molecule has 0 aliphatic heterocycles. The van der Waals surface area contributed by atoms with Gasteiger partial charge in [0.05, 0.1) is 12.2 Å². The van der Waals surface area contributed by atoms with E-state index in [-0.39, 0.29) is 5.91 Å². The first-order chi connectivity index (χ1) is 6.72. The van der Waals surface area contributed by atoms with Gasteiger partial charge in [0.25, 0.3) is 5.91 Å². The standard InChI is InChI=1S/C10H9BrN2O/c1-8-3-5-12-9(6-8)7-13-10(14)2-4-11/h3,5-6H,7H2,1H3,(H,13,14). The molecular formula is C10H9BrN2O. The molecule has 1 amide bonds. The van der Waals surface area contributed by atoms with Gasteiger partial charge in [0.2, 0.25) is 0 Å². The van der Waals surface area contributed by atoms with Crippen LogP contribution < -0.4 is 5.32 Å². The van der Waals surface area contributed by atoms with Crippen LogP contribution >= 0.6 is 15.9 Å². The number of amides is 1. The normalized spacial score (nSPS) is 8.71. The zero-order valence-corrected chi connectivity index (χ0v) is 9.26. The van der Waals surface area contributed by atoms with Crippen molar-refractivity contribution in [3.05, 3.63) is 29.6 Å². The highest BCUT2D eigenvalue weighted by molar-refractivity contribution is 9.12. The van der Waals surface area contributed by atoms with Crippen molar-refractivity contribution in [3.8, 4) is 10.8 Å². The SMILES string of the molecule is Cc1ccnc(CNC(=O)C#CBr)c1. The van der Waals surface area contributed by atoms with Crippen LogP contribution in [0.15, 0.2) is 18.3 Å². The number of pyridine rings is 1. The van der Waals surface area contributed by atoms with Crippen LogP contribution in [-0.2, 0) is 11.3 Å². The largest absolute Gasteiger partial charge is 0.340 e. The molecule has 1 heterocycles. The minimum atomic E-state index is -0.315. The molecule has 0 saturated heterocycles. The molecule has 0 aliphatic carbocycles. The molecule has 0 bridgehead atoms. The van der Waals surface area contributed by atoms with E-state index < -0.39 is 0 Å². The summed E-state index contributed by atoms with van der Waals surface area (Å²) in [6.07, 6.45) is 1.72. The Morgan fingerprint density at radius 3 is 3.14 bits per heavy atom. The number of halogens is 1. The molecule has 0 aromatic carbocycles. The van der Waals surface area contributed by atoms with Crippen molar-refractivity contribution in [2.45, 2.75) is 13.5 Å². The van der Waals surface area contributed by atoms with Gasteiger partial charge < -0.3 is 5.32 Å². The predicted octanol–water partition coefficient (Wildman–Crippen LogP) is 1.36. The number of carbonyl (C=O) groups excluding carboxylic acids is 1. The lowest BCUT2D eigenvalue weighted by atomic mass is 10.2. The van der Waals surface area contributed by atoms with Gasteiger partial charge in [0.15, 0.2) is 0 Å². The van der Waals surface area contributed by atoms with Gasteiger partial charge in [0.1, 0.15) is 0 Å². The molecule has 0 atom stereocenters. The molecule has 14 heavy (non-hydrogen) atoms. The Balaban J connectivity index is 2.52. The van der Waals surface area contributed by atoms with Crippen molar-refractivity contribution >= 4 is 21.8 Å². The molecule has 1 N–H and O–H groups in total. The first kappa shape index (κ1) is 10.7. The molecule has 4 heteroatoms. The molecular weight excluding hydrogens is 244 g/mol. The van der Waals surface area contributed by atoms with Gasteiger partial charge in [-0.1, -0.05) is 0 Å². The maximum absolute atomic E-state index is 11.0. The average molecular weight is 253 g/mol. The van der Waals surface area contributed by atoms with E-state index in [9.17, 15) is 4.79 Å². The Kier molecular flexibility index (Phi) is 4.14. The smallest absolute Gasteiger partial charge is 0.297 e. The Bertz CT molecular complexity index is 393. The first-order valence-electron chi connectivity index (χ1n) is 4.03. The average Bonchev–Trinajstić information content (AvgIpc) is 2.15. The summed E-state index contributed by atoms with van der Waals surface area (Å²) >= 11 is 2.85. The summed E-state index contributed by atoms with van der Waals surface area (Å²) in [7, 11) is 0. The van der Waals surface area contributed by atoms with E-state index in [0.717, 1.165) is 11.3 Å². The molecule has 1 rings (SSSR count). The highest BCUT2D eigenvalue weighted by atomic mass is 79.9. The Morgan fingerprint density at radius 2 is 2.50 bits per heavy atom. The van der Waals surface area contributed by atoms with E-state index in [0.29, 0.717) is 6.54 Å². The van der Waals surface area contributed by atoms with E-state index in [1.807, 2.05) is 19.1 Å². The molecule has 0 unspecified atom stereocenters. The summed E-state index contributed by atoms with van der Waals surface area (Å²) in [5.41, 5.74) is 1.95. The fourth-order valence-corrected chi connectivity index (χ4v) is 1.13. The Hall–Kier alpha value is -1.34. The summed E-state index contributed by atoms with van der Waals surface area (Å²) in [5, 5.41) is 2.62. The highest BCUT2D eigenvalue weighted by Crippen LogP contribution is 1.98. The highest BCUT2D eigenvalue weighted by Gasteiger charge is 1.97. The number of rotatable bonds is 2. The molecule has 1 aromatic heterocycles. The van der Waals surface area contributed by atoms with E-state index in [1.165, 1.54) is 0 Å². The van der Waals surface area contributed by atoms with E-state index in [1.54, 1.807) is 6.20 Å². The fraction of sp³-hybridized carbons (Fsp3) is 0.200. The molecule has 0 saturated carbocycles. The van der Waals surface area contributed by atoms with Crippen LogP contribution in [0.3, 0.4) is 0 Å². The number of hydrogen-bond acceptors (Lipinski definition) is 2. The lowest BCUT2D eigenvalue weighted by Gasteiger charge is -2.00. The molecule has 3 nitrogen and oxygen atoms in total. The van der Waals surface area contributed by atoms with Crippen molar-refractivity contribution in [2.75, 3.05) is 0 Å². The summed E-state index contributed by atoms with van der Waals surface area (Å²) in [4.78, 5) is 17.4. The zero-order chi connectivity index (χ0) is 10.4. The summed E-state index contributed by atoms with van der Waals surface area (Å²) in [5.74, 6) is 2.00. The summed E-state index contributed by atoms with van der Waals surface area (Å²) in [6, 6.07) is 3.82. The number of carbonyl (C=O) groups is 1. The molecule has 0 fully saturated rings. The minimum absolute atomic E-state index is 0.315. The van der Waals surface area contributed by atoms with E-state index in [4.69, 9.17) is 0 Å². The third-order valence-electron chi connectivity index (χ3n) is 1.56. The number of aryl methyl sites for hydroxylation is 1. The molecule has 0 radical (unpaired) electrons. The second-order valence-corrected chi connectivity index (χ2v) is 3.12. The van der Waals surface area contributed by atoms with Crippen LogP contribution in [0.25, 0.3) is 0 Å². The third-order valence-corrected chi connectivity index (χ3v) is 1.76. The van der Waals surface area contributed by atoms with Crippen molar-refractivity contribution < 1.29 is 4.79 Å². The van der Waals surface area contributed by atoms with Gasteiger partial charge in [-0.2, -0.15) is 0 Å². The van der Waals surface area contributed by atoms with Crippen LogP contribution in [0, 0.1) is 17.7 Å². The van der Waals surface area contributed by atoms with Crippen molar-refractivity contribution in [1.29, 1.82) is 0 Å². The zero-order valence-electron chi connectivity index (χ0n) is 7.67. The van der Waals surface area contributed by atoms with Crippen LogP contribution in [0.1, 0.15) is 11.3 Å². The van der Waals surface area contributed by atoms with E-state index in [2.05, 4.69) is 37.0 Å². The second-order valence-electron chi connectivity index (χ2n) is 2.73. The predicted molar refractivity (Wildman–Crippen MR) is 57.5 cm³/mol. The van der Waals surface area contributed by atoms with Crippen LogP contribution in [0.5, 0.6) is 0 Å². The minimum Gasteiger partial charge on any atom is -0.340 e. The van der Waals surface area contributed by atoms with Gasteiger partial charge in [0, 0.05) is 28.0 Å². The monoisotopic (exact) mass is 252 g/mol. The van der Waals surface area contributed by atoms with Crippen molar-refractivity contribution in [2.24, 2.45) is 0 Å². The van der Waals surface area contributed by atoms with E-state index >= 15 is 0 Å². The van der Waals surface area contributed by atoms with Gasteiger partial charge >= 0.3 is 0 Å². The van der Waals surface area contributed by atoms with Gasteiger partial charge in [-0.3, -0.25) is 9.78 Å². The third kappa shape index (κ3) is 3.58. The number of nitrogens with one attached hydrogen (secondary N) is 1. The fourth-order valence-electron chi connectivity index (χ4n) is 0.953. The van der Waals surface area contributed by atoms with Crippen LogP contribution in [0.2, 0.25) is 0 Å². The first-order valence-corrected chi connectivity index (χ1v) is 4.82. The molecule has 0 aliphatic rings. The van der Waals surface area contributed by atoms with Gasteiger partial charge in [-0.25, -0.2) is 0 Å². The Labute approximate surface area is 91.1 Å². The summed E-state index contributed by atoms with van der Waals surface area (Å²) in [6.45, 7) is 2.38. The lowest BCUT2D eigenvalue weighted by molar-refractivity contribution is -0.115. The number of hydrogen-bond donors (Lipinski definition) is 1. The lowest BCUT2D eigenvalue weighted by Crippen LogP contribution is -2.21. The van der Waals surface area contributed by atoms with Crippen LogP contribution in [-0.4, -0.2) is 10.9 Å². The molecule has 72 valence electrons. The molecule has 1 aromatic rings. The van der Waals surface area contributed by atoms with Crippen LogP contribution in [0.4, 0.5) is 0 Å². The molecule has 0 spiro atoms. The quantitative estimate of drug-likeness (QED) is 0.808. The number of nitrogens with zero attached hydrogens (tertiary/aromatic N) is 1.